The fourth-order valence-electron chi connectivity index (χ4n) is 2.97. The van der Waals surface area contributed by atoms with E-state index < -0.39 is 0 Å². The van der Waals surface area contributed by atoms with Crippen LogP contribution in [0.5, 0.6) is 0 Å². The van der Waals surface area contributed by atoms with Crippen molar-refractivity contribution in [1.82, 2.24) is 20.0 Å². The average molecular weight is 312 g/mol. The maximum Gasteiger partial charge on any atom is 0.254 e. The number of aryl methyl sites for hydroxylation is 1. The highest BCUT2D eigenvalue weighted by molar-refractivity contribution is 5.94. The smallest absolute Gasteiger partial charge is 0.254 e. The molecule has 1 aromatic carbocycles. The SMILES string of the molecule is CNC(=O)C[C@H]1CN(C(=O)c2cccc(C)c2)Cc2ccnn21. The second-order valence-electron chi connectivity index (χ2n) is 5.85. The standard InChI is InChI=1S/C17H20N4O2/c1-12-4-3-5-13(8-12)17(23)20-10-14-6-7-19-21(14)15(11-20)9-16(22)18-2/h3-8,15H,9-11H2,1-2H3,(H,18,22)/t15-/m0/s1. The van der Waals surface area contributed by atoms with Crippen molar-refractivity contribution in [3.63, 3.8) is 0 Å². The lowest BCUT2D eigenvalue weighted by Gasteiger charge is -2.33. The average Bonchev–Trinajstić information content (AvgIpc) is 3.02. The van der Waals surface area contributed by atoms with Crippen LogP contribution in [0.2, 0.25) is 0 Å². The van der Waals surface area contributed by atoms with Crippen molar-refractivity contribution in [3.05, 3.63) is 53.3 Å². The molecule has 2 heterocycles. The number of aromatic nitrogens is 2. The van der Waals surface area contributed by atoms with Gasteiger partial charge in [0, 0.05) is 25.4 Å². The molecule has 0 fully saturated rings. The molecule has 0 aliphatic carbocycles. The van der Waals surface area contributed by atoms with E-state index in [1.807, 2.05) is 41.9 Å². The molecule has 1 N–H and O–H groups in total. The molecule has 3 rings (SSSR count). The molecule has 1 aliphatic heterocycles. The summed E-state index contributed by atoms with van der Waals surface area (Å²) in [5, 5.41) is 6.94. The normalized spacial score (nSPS) is 16.8. The zero-order chi connectivity index (χ0) is 16.4. The van der Waals surface area contributed by atoms with Crippen molar-refractivity contribution >= 4 is 11.8 Å². The van der Waals surface area contributed by atoms with Crippen LogP contribution < -0.4 is 5.32 Å². The number of benzene rings is 1. The van der Waals surface area contributed by atoms with Gasteiger partial charge >= 0.3 is 0 Å². The molecule has 2 aromatic rings. The van der Waals surface area contributed by atoms with Gasteiger partial charge in [-0.05, 0) is 25.1 Å². The van der Waals surface area contributed by atoms with Gasteiger partial charge in [-0.1, -0.05) is 17.7 Å². The third-order valence-electron chi connectivity index (χ3n) is 4.13. The van der Waals surface area contributed by atoms with E-state index in [1.54, 1.807) is 18.1 Å². The van der Waals surface area contributed by atoms with Gasteiger partial charge in [0.05, 0.1) is 24.7 Å². The van der Waals surface area contributed by atoms with Crippen LogP contribution in [0.15, 0.2) is 36.5 Å². The topological polar surface area (TPSA) is 67.2 Å². The van der Waals surface area contributed by atoms with Crippen molar-refractivity contribution in [2.24, 2.45) is 0 Å². The first-order valence-corrected chi connectivity index (χ1v) is 7.67. The van der Waals surface area contributed by atoms with Crippen LogP contribution in [0.25, 0.3) is 0 Å². The van der Waals surface area contributed by atoms with Crippen LogP contribution in [0.3, 0.4) is 0 Å². The second-order valence-corrected chi connectivity index (χ2v) is 5.85. The molecule has 6 nitrogen and oxygen atoms in total. The molecule has 0 saturated carbocycles. The summed E-state index contributed by atoms with van der Waals surface area (Å²) in [4.78, 5) is 26.3. The number of carbonyl (C=O) groups is 2. The number of hydrogen-bond donors (Lipinski definition) is 1. The molecule has 0 spiro atoms. The Hall–Kier alpha value is -2.63. The zero-order valence-corrected chi connectivity index (χ0v) is 13.3. The molecular weight excluding hydrogens is 292 g/mol. The van der Waals surface area contributed by atoms with Gasteiger partial charge in [0.1, 0.15) is 0 Å². The van der Waals surface area contributed by atoms with Crippen molar-refractivity contribution in [2.75, 3.05) is 13.6 Å². The van der Waals surface area contributed by atoms with Gasteiger partial charge in [-0.2, -0.15) is 5.10 Å². The number of nitrogens with zero attached hydrogens (tertiary/aromatic N) is 3. The van der Waals surface area contributed by atoms with E-state index in [0.717, 1.165) is 11.3 Å². The highest BCUT2D eigenvalue weighted by atomic mass is 16.2. The summed E-state index contributed by atoms with van der Waals surface area (Å²) in [6, 6.07) is 9.33. The van der Waals surface area contributed by atoms with E-state index in [1.165, 1.54) is 0 Å². The minimum absolute atomic E-state index is 0.0111. The Bertz CT molecular complexity index is 738. The molecule has 1 aromatic heterocycles. The molecule has 0 saturated heterocycles. The molecule has 0 unspecified atom stereocenters. The number of rotatable bonds is 3. The van der Waals surface area contributed by atoms with E-state index >= 15 is 0 Å². The van der Waals surface area contributed by atoms with Crippen molar-refractivity contribution in [1.29, 1.82) is 0 Å². The van der Waals surface area contributed by atoms with Gasteiger partial charge in [0.25, 0.3) is 5.91 Å². The number of fused-ring (bicyclic) bond motifs is 1. The summed E-state index contributed by atoms with van der Waals surface area (Å²) in [5.74, 6) is -0.0654. The van der Waals surface area contributed by atoms with Crippen LogP contribution in [-0.2, 0) is 11.3 Å². The summed E-state index contributed by atoms with van der Waals surface area (Å²) in [5.41, 5.74) is 2.68. The summed E-state index contributed by atoms with van der Waals surface area (Å²) >= 11 is 0. The van der Waals surface area contributed by atoms with E-state index in [2.05, 4.69) is 10.4 Å². The molecule has 0 bridgehead atoms. The van der Waals surface area contributed by atoms with E-state index in [4.69, 9.17) is 0 Å². The van der Waals surface area contributed by atoms with Gasteiger partial charge in [-0.15, -0.1) is 0 Å². The first kappa shape index (κ1) is 15.3. The number of amides is 2. The first-order chi connectivity index (χ1) is 11.1. The number of hydrogen-bond acceptors (Lipinski definition) is 3. The Morgan fingerprint density at radius 1 is 1.35 bits per heavy atom. The molecule has 120 valence electrons. The Labute approximate surface area is 135 Å². The zero-order valence-electron chi connectivity index (χ0n) is 13.3. The van der Waals surface area contributed by atoms with Crippen LogP contribution in [0.1, 0.15) is 34.1 Å². The van der Waals surface area contributed by atoms with Crippen LogP contribution in [0, 0.1) is 6.92 Å². The third kappa shape index (κ3) is 3.11. The maximum absolute atomic E-state index is 12.8. The fraction of sp³-hybridized carbons (Fsp3) is 0.353. The largest absolute Gasteiger partial charge is 0.359 e. The van der Waals surface area contributed by atoms with Crippen molar-refractivity contribution in [2.45, 2.75) is 25.9 Å². The summed E-state index contributed by atoms with van der Waals surface area (Å²) < 4.78 is 1.86. The molecule has 1 aliphatic rings. The maximum atomic E-state index is 12.8. The Kier molecular flexibility index (Phi) is 4.14. The van der Waals surface area contributed by atoms with E-state index in [-0.39, 0.29) is 17.9 Å². The van der Waals surface area contributed by atoms with Crippen LogP contribution >= 0.6 is 0 Å². The number of carbonyl (C=O) groups excluding carboxylic acids is 2. The van der Waals surface area contributed by atoms with Gasteiger partial charge < -0.3 is 10.2 Å². The summed E-state index contributed by atoms with van der Waals surface area (Å²) in [7, 11) is 1.62. The minimum atomic E-state index is -0.137. The van der Waals surface area contributed by atoms with E-state index in [9.17, 15) is 9.59 Å². The van der Waals surface area contributed by atoms with Gasteiger partial charge in [-0.25, -0.2) is 0 Å². The summed E-state index contributed by atoms with van der Waals surface area (Å²) in [6.07, 6.45) is 2.02. The quantitative estimate of drug-likeness (QED) is 0.934. The van der Waals surface area contributed by atoms with Crippen LogP contribution in [0.4, 0.5) is 0 Å². The highest BCUT2D eigenvalue weighted by Gasteiger charge is 2.30. The first-order valence-electron chi connectivity index (χ1n) is 7.67. The lowest BCUT2D eigenvalue weighted by Crippen LogP contribution is -2.42. The number of nitrogens with one attached hydrogen (secondary N) is 1. The predicted octanol–water partition coefficient (Wildman–Crippen LogP) is 1.52. The Balaban J connectivity index is 1.85. The minimum Gasteiger partial charge on any atom is -0.359 e. The highest BCUT2D eigenvalue weighted by Crippen LogP contribution is 2.24. The molecule has 1 atom stereocenters. The molecule has 23 heavy (non-hydrogen) atoms. The van der Waals surface area contributed by atoms with Gasteiger partial charge in [-0.3, -0.25) is 14.3 Å². The van der Waals surface area contributed by atoms with Crippen molar-refractivity contribution in [3.8, 4) is 0 Å². The predicted molar refractivity (Wildman–Crippen MR) is 85.9 cm³/mol. The molecular formula is C17H20N4O2. The molecule has 2 amide bonds. The van der Waals surface area contributed by atoms with Crippen LogP contribution in [-0.4, -0.2) is 40.1 Å². The summed E-state index contributed by atoms with van der Waals surface area (Å²) in [6.45, 7) is 2.96. The van der Waals surface area contributed by atoms with Crippen molar-refractivity contribution < 1.29 is 9.59 Å². The lowest BCUT2D eigenvalue weighted by atomic mass is 10.1. The monoisotopic (exact) mass is 312 g/mol. The van der Waals surface area contributed by atoms with Gasteiger partial charge in [0.2, 0.25) is 5.91 Å². The van der Waals surface area contributed by atoms with E-state index in [0.29, 0.717) is 25.1 Å². The Morgan fingerprint density at radius 2 is 2.17 bits per heavy atom. The Morgan fingerprint density at radius 3 is 2.91 bits per heavy atom. The molecule has 6 heteroatoms. The van der Waals surface area contributed by atoms with Gasteiger partial charge in [0.15, 0.2) is 0 Å². The fourth-order valence-corrected chi connectivity index (χ4v) is 2.97. The molecule has 0 radical (unpaired) electrons. The third-order valence-corrected chi connectivity index (χ3v) is 4.13. The second kappa shape index (κ2) is 6.24. The lowest BCUT2D eigenvalue weighted by molar-refractivity contribution is -0.121.